The summed E-state index contributed by atoms with van der Waals surface area (Å²) in [7, 11) is 0. The number of carbonyl (C=O) groups excluding carboxylic acids is 2. The van der Waals surface area contributed by atoms with Crippen molar-refractivity contribution in [3.05, 3.63) is 63.1 Å². The number of amides is 1. The molecule has 0 aliphatic heterocycles. The zero-order valence-electron chi connectivity index (χ0n) is 14.9. The van der Waals surface area contributed by atoms with E-state index >= 15 is 0 Å². The highest BCUT2D eigenvalue weighted by Gasteiger charge is 2.14. The molecule has 0 aliphatic rings. The first-order valence-corrected chi connectivity index (χ1v) is 9.37. The molecule has 2 aromatic rings. The van der Waals surface area contributed by atoms with Gasteiger partial charge in [-0.25, -0.2) is 4.79 Å². The Morgan fingerprint density at radius 3 is 2.61 bits per heavy atom. The van der Waals surface area contributed by atoms with Crippen LogP contribution in [-0.4, -0.2) is 25.1 Å². The summed E-state index contributed by atoms with van der Waals surface area (Å²) in [6, 6.07) is 13.8. The monoisotopic (exact) mass is 462 g/mol. The van der Waals surface area contributed by atoms with Crippen LogP contribution in [0.2, 0.25) is 5.02 Å². The third-order valence-corrected chi connectivity index (χ3v) is 4.24. The fourth-order valence-electron chi connectivity index (χ4n) is 2.17. The Kier molecular flexibility index (Phi) is 8.05. The molecule has 28 heavy (non-hydrogen) atoms. The van der Waals surface area contributed by atoms with Gasteiger partial charge >= 0.3 is 5.97 Å². The van der Waals surface area contributed by atoms with Crippen LogP contribution in [0.4, 0.5) is 5.69 Å². The zero-order chi connectivity index (χ0) is 20.5. The normalized spacial score (nSPS) is 10.7. The molecular formula is C20H16BrClN2O4. The van der Waals surface area contributed by atoms with Gasteiger partial charge in [0.15, 0.2) is 12.4 Å². The van der Waals surface area contributed by atoms with Gasteiger partial charge in [-0.3, -0.25) is 4.79 Å². The Bertz CT molecular complexity index is 916. The van der Waals surface area contributed by atoms with E-state index in [0.29, 0.717) is 15.7 Å². The van der Waals surface area contributed by atoms with E-state index in [9.17, 15) is 14.9 Å². The Morgan fingerprint density at radius 2 is 2.00 bits per heavy atom. The number of benzene rings is 2. The number of esters is 1. The van der Waals surface area contributed by atoms with Gasteiger partial charge in [-0.2, -0.15) is 5.26 Å². The summed E-state index contributed by atoms with van der Waals surface area (Å²) >= 11 is 9.53. The smallest absolute Gasteiger partial charge is 0.344 e. The predicted molar refractivity (Wildman–Crippen MR) is 110 cm³/mol. The third-order valence-electron chi connectivity index (χ3n) is 3.37. The number of nitrogens with zero attached hydrogens (tertiary/aromatic N) is 1. The molecule has 0 heterocycles. The van der Waals surface area contributed by atoms with Gasteiger partial charge in [-0.05, 0) is 58.8 Å². The molecule has 0 aromatic heterocycles. The molecule has 0 aliphatic carbocycles. The van der Waals surface area contributed by atoms with E-state index in [2.05, 4.69) is 21.2 Å². The van der Waals surface area contributed by atoms with E-state index in [4.69, 9.17) is 21.1 Å². The van der Waals surface area contributed by atoms with Crippen LogP contribution in [-0.2, 0) is 14.3 Å². The molecule has 8 heteroatoms. The second-order valence-corrected chi connectivity index (χ2v) is 6.66. The van der Waals surface area contributed by atoms with Crippen LogP contribution in [0, 0.1) is 11.3 Å². The highest BCUT2D eigenvalue weighted by molar-refractivity contribution is 9.10. The lowest BCUT2D eigenvalue weighted by Crippen LogP contribution is -2.15. The van der Waals surface area contributed by atoms with Gasteiger partial charge in [0.25, 0.3) is 5.91 Å². The first kappa shape index (κ1) is 21.5. The molecule has 0 unspecified atom stereocenters. The van der Waals surface area contributed by atoms with Crippen LogP contribution in [0.15, 0.2) is 52.5 Å². The Labute approximate surface area is 175 Å². The second-order valence-electron chi connectivity index (χ2n) is 5.40. The summed E-state index contributed by atoms with van der Waals surface area (Å²) in [5.41, 5.74) is 1.00. The van der Waals surface area contributed by atoms with E-state index in [1.54, 1.807) is 37.3 Å². The SMILES string of the molecule is CCOC(=O)COc1c(Cl)cc(/C=C(/C#N)C(=O)Nc2ccccc2)cc1Br. The van der Waals surface area contributed by atoms with Gasteiger partial charge in [-0.15, -0.1) is 0 Å². The molecule has 0 radical (unpaired) electrons. The molecule has 144 valence electrons. The van der Waals surface area contributed by atoms with Crippen molar-refractivity contribution < 1.29 is 19.1 Å². The molecule has 0 atom stereocenters. The molecule has 0 fully saturated rings. The van der Waals surface area contributed by atoms with Crippen molar-refractivity contribution in [3.8, 4) is 11.8 Å². The maximum Gasteiger partial charge on any atom is 0.344 e. The summed E-state index contributed by atoms with van der Waals surface area (Å²) < 4.78 is 10.6. The molecule has 1 amide bonds. The molecule has 0 spiro atoms. The number of ether oxygens (including phenoxy) is 2. The molecule has 1 N–H and O–H groups in total. The van der Waals surface area contributed by atoms with Crippen LogP contribution < -0.4 is 10.1 Å². The number of nitrogens with one attached hydrogen (secondary N) is 1. The minimum atomic E-state index is -0.538. The van der Waals surface area contributed by atoms with Gasteiger partial charge in [0.05, 0.1) is 16.1 Å². The minimum Gasteiger partial charge on any atom is -0.479 e. The number of anilines is 1. The van der Waals surface area contributed by atoms with Crippen LogP contribution in [0.25, 0.3) is 6.08 Å². The van der Waals surface area contributed by atoms with Crippen LogP contribution in [0.5, 0.6) is 5.75 Å². The summed E-state index contributed by atoms with van der Waals surface area (Å²) in [5, 5.41) is 12.2. The molecule has 6 nitrogen and oxygen atoms in total. The third kappa shape index (κ3) is 6.12. The van der Waals surface area contributed by atoms with E-state index in [0.717, 1.165) is 0 Å². The summed E-state index contributed by atoms with van der Waals surface area (Å²) in [6.07, 6.45) is 1.41. The quantitative estimate of drug-likeness (QED) is 0.368. The lowest BCUT2D eigenvalue weighted by molar-refractivity contribution is -0.145. The lowest BCUT2D eigenvalue weighted by atomic mass is 10.1. The van der Waals surface area contributed by atoms with Crippen LogP contribution >= 0.6 is 27.5 Å². The number of hydrogen-bond acceptors (Lipinski definition) is 5. The maximum absolute atomic E-state index is 12.3. The molecule has 0 saturated carbocycles. The van der Waals surface area contributed by atoms with Crippen molar-refractivity contribution in [1.29, 1.82) is 5.26 Å². The standard InChI is InChI=1S/C20H16BrClN2O4/c1-2-27-18(25)12-28-19-16(21)9-13(10-17(19)22)8-14(11-23)20(26)24-15-6-4-3-5-7-15/h3-10H,2,12H2,1H3,(H,24,26)/b14-8-. The Morgan fingerprint density at radius 1 is 1.29 bits per heavy atom. The number of rotatable bonds is 7. The van der Waals surface area contributed by atoms with Gasteiger partial charge < -0.3 is 14.8 Å². The summed E-state index contributed by atoms with van der Waals surface area (Å²) in [6.45, 7) is 1.66. The van der Waals surface area contributed by atoms with E-state index < -0.39 is 11.9 Å². The molecular weight excluding hydrogens is 448 g/mol. The van der Waals surface area contributed by atoms with Crippen molar-refractivity contribution in [2.45, 2.75) is 6.92 Å². The molecule has 2 aromatic carbocycles. The van der Waals surface area contributed by atoms with Gasteiger partial charge in [0.1, 0.15) is 11.6 Å². The highest BCUT2D eigenvalue weighted by Crippen LogP contribution is 2.35. The van der Waals surface area contributed by atoms with E-state index in [1.807, 2.05) is 12.1 Å². The summed E-state index contributed by atoms with van der Waals surface area (Å²) in [5.74, 6) is -0.790. The topological polar surface area (TPSA) is 88.4 Å². The first-order chi connectivity index (χ1) is 13.4. The van der Waals surface area contributed by atoms with Gasteiger partial charge in [-0.1, -0.05) is 29.8 Å². The van der Waals surface area contributed by atoms with Crippen LogP contribution in [0.1, 0.15) is 12.5 Å². The average Bonchev–Trinajstić information content (AvgIpc) is 2.66. The average molecular weight is 464 g/mol. The number of hydrogen-bond donors (Lipinski definition) is 1. The predicted octanol–water partition coefficient (Wildman–Crippen LogP) is 4.59. The second kappa shape index (κ2) is 10.5. The summed E-state index contributed by atoms with van der Waals surface area (Å²) in [4.78, 5) is 23.7. The van der Waals surface area contributed by atoms with Crippen molar-refractivity contribution in [2.75, 3.05) is 18.5 Å². The maximum atomic E-state index is 12.3. The fourth-order valence-corrected chi connectivity index (χ4v) is 3.16. The fraction of sp³-hybridized carbons (Fsp3) is 0.150. The Hall–Kier alpha value is -2.82. The zero-order valence-corrected chi connectivity index (χ0v) is 17.2. The van der Waals surface area contributed by atoms with Crippen molar-refractivity contribution in [2.24, 2.45) is 0 Å². The highest BCUT2D eigenvalue weighted by atomic mass is 79.9. The van der Waals surface area contributed by atoms with Crippen molar-refractivity contribution in [1.82, 2.24) is 0 Å². The van der Waals surface area contributed by atoms with E-state index in [-0.39, 0.29) is 29.6 Å². The number of carbonyl (C=O) groups is 2. The number of halogens is 2. The Balaban J connectivity index is 2.18. The minimum absolute atomic E-state index is 0.0907. The van der Waals surface area contributed by atoms with Crippen molar-refractivity contribution >= 4 is 51.2 Å². The van der Waals surface area contributed by atoms with Gasteiger partial charge in [0.2, 0.25) is 0 Å². The van der Waals surface area contributed by atoms with Gasteiger partial charge in [0, 0.05) is 5.69 Å². The van der Waals surface area contributed by atoms with E-state index in [1.165, 1.54) is 12.1 Å². The van der Waals surface area contributed by atoms with Crippen LogP contribution in [0.3, 0.4) is 0 Å². The molecule has 0 saturated heterocycles. The first-order valence-electron chi connectivity index (χ1n) is 8.20. The molecule has 2 rings (SSSR count). The molecule has 0 bridgehead atoms. The largest absolute Gasteiger partial charge is 0.479 e. The number of para-hydroxylation sites is 1. The van der Waals surface area contributed by atoms with Crippen molar-refractivity contribution in [3.63, 3.8) is 0 Å². The lowest BCUT2D eigenvalue weighted by Gasteiger charge is -2.11. The number of nitriles is 1.